The third-order valence-corrected chi connectivity index (χ3v) is 3.17. The molecule has 52 valence electrons. The molecular weight excluding hydrogens is 152 g/mol. The van der Waals surface area contributed by atoms with Gasteiger partial charge in [0.2, 0.25) is 0 Å². The summed E-state index contributed by atoms with van der Waals surface area (Å²) in [5, 5.41) is 1.08. The molecule has 1 aliphatic heterocycles. The van der Waals surface area contributed by atoms with Gasteiger partial charge in [0, 0.05) is 0 Å². The number of hydrogen-bond acceptors (Lipinski definition) is 4. The number of thioether (sulfide) groups is 2. The van der Waals surface area contributed by atoms with Crippen molar-refractivity contribution in [2.45, 2.75) is 23.8 Å². The lowest BCUT2D eigenvalue weighted by atomic mass is 10.8. The molecule has 0 saturated heterocycles. The Morgan fingerprint density at radius 1 is 1.56 bits per heavy atom. The molecule has 0 bridgehead atoms. The van der Waals surface area contributed by atoms with E-state index in [0.717, 1.165) is 5.17 Å². The minimum absolute atomic E-state index is 0.348. The van der Waals surface area contributed by atoms with E-state index in [1.54, 1.807) is 11.8 Å². The van der Waals surface area contributed by atoms with Crippen LogP contribution >= 0.6 is 23.5 Å². The smallest absolute Gasteiger partial charge is 0.156 e. The molecule has 2 atom stereocenters. The number of nitrogens with two attached hydrogens (primary N) is 1. The van der Waals surface area contributed by atoms with Crippen LogP contribution in [0, 0.1) is 0 Å². The average molecular weight is 162 g/mol. The summed E-state index contributed by atoms with van der Waals surface area (Å²) in [5.41, 5.74) is 5.52. The lowest BCUT2D eigenvalue weighted by Gasteiger charge is -2.18. The zero-order valence-corrected chi connectivity index (χ0v) is 7.13. The third-order valence-electron chi connectivity index (χ3n) is 0.984. The van der Waals surface area contributed by atoms with E-state index in [0.29, 0.717) is 9.96 Å². The minimum Gasteiger partial charge on any atom is -0.378 e. The summed E-state index contributed by atoms with van der Waals surface area (Å²) >= 11 is 3.48. The fraction of sp³-hybridized carbons (Fsp3) is 0.800. The Kier molecular flexibility index (Phi) is 2.29. The number of rotatable bonds is 0. The molecule has 1 aliphatic rings. The third kappa shape index (κ3) is 2.10. The number of amidine groups is 1. The van der Waals surface area contributed by atoms with Crippen molar-refractivity contribution in [3.8, 4) is 0 Å². The topological polar surface area (TPSA) is 38.4 Å². The zero-order valence-electron chi connectivity index (χ0n) is 5.50. The Labute approximate surface area is 63.7 Å². The second-order valence-corrected chi connectivity index (χ2v) is 5.21. The van der Waals surface area contributed by atoms with Gasteiger partial charge in [-0.15, -0.1) is 11.8 Å². The van der Waals surface area contributed by atoms with Crippen molar-refractivity contribution in [2.24, 2.45) is 10.7 Å². The quantitative estimate of drug-likeness (QED) is 0.586. The van der Waals surface area contributed by atoms with Gasteiger partial charge in [-0.2, -0.15) is 0 Å². The van der Waals surface area contributed by atoms with Crippen LogP contribution in [0.4, 0.5) is 0 Å². The summed E-state index contributed by atoms with van der Waals surface area (Å²) < 4.78 is 0.567. The number of hydrogen-bond donors (Lipinski definition) is 1. The lowest BCUT2D eigenvalue weighted by Crippen LogP contribution is -2.18. The SMILES string of the molecule is CC1N=C(N)SC(C)S1. The van der Waals surface area contributed by atoms with E-state index in [9.17, 15) is 0 Å². The van der Waals surface area contributed by atoms with E-state index in [2.05, 4.69) is 18.8 Å². The minimum atomic E-state index is 0.348. The molecule has 1 heterocycles. The summed E-state index contributed by atoms with van der Waals surface area (Å²) in [6.45, 7) is 4.21. The molecule has 2 nitrogen and oxygen atoms in total. The number of nitrogens with zero attached hydrogens (tertiary/aromatic N) is 1. The van der Waals surface area contributed by atoms with Crippen LogP contribution in [0.2, 0.25) is 0 Å². The monoisotopic (exact) mass is 162 g/mol. The maximum absolute atomic E-state index is 5.52. The molecule has 0 aromatic rings. The van der Waals surface area contributed by atoms with Crippen LogP contribution in [0.1, 0.15) is 13.8 Å². The molecule has 0 aliphatic carbocycles. The first-order chi connectivity index (χ1) is 4.18. The summed E-state index contributed by atoms with van der Waals surface area (Å²) in [4.78, 5) is 4.15. The van der Waals surface area contributed by atoms with E-state index in [-0.39, 0.29) is 0 Å². The predicted octanol–water partition coefficient (Wildman–Crippen LogP) is 1.47. The van der Waals surface area contributed by atoms with E-state index < -0.39 is 0 Å². The number of aliphatic imine (C=N–C) groups is 1. The van der Waals surface area contributed by atoms with Gasteiger partial charge in [0.15, 0.2) is 5.17 Å². The molecule has 4 heteroatoms. The van der Waals surface area contributed by atoms with Crippen molar-refractivity contribution < 1.29 is 0 Å². The van der Waals surface area contributed by atoms with Crippen LogP contribution < -0.4 is 5.73 Å². The van der Waals surface area contributed by atoms with Gasteiger partial charge in [0.05, 0.1) is 9.96 Å². The van der Waals surface area contributed by atoms with Gasteiger partial charge in [-0.05, 0) is 13.8 Å². The van der Waals surface area contributed by atoms with Crippen molar-refractivity contribution in [3.05, 3.63) is 0 Å². The van der Waals surface area contributed by atoms with Gasteiger partial charge in [0.25, 0.3) is 0 Å². The van der Waals surface area contributed by atoms with E-state index in [1.165, 1.54) is 0 Å². The molecular formula is C5H10N2S2. The highest BCUT2D eigenvalue weighted by Gasteiger charge is 2.15. The van der Waals surface area contributed by atoms with Crippen molar-refractivity contribution in [1.29, 1.82) is 0 Å². The standard InChI is InChI=1S/C5H10N2S2/c1-3-7-5(6)9-4(2)8-3/h3-4H,1-2H3,(H2,6,7). The largest absolute Gasteiger partial charge is 0.378 e. The van der Waals surface area contributed by atoms with Gasteiger partial charge in [-0.3, -0.25) is 0 Å². The highest BCUT2D eigenvalue weighted by molar-refractivity contribution is 8.25. The highest BCUT2D eigenvalue weighted by atomic mass is 32.2. The van der Waals surface area contributed by atoms with Crippen LogP contribution in [-0.4, -0.2) is 15.1 Å². The first-order valence-electron chi connectivity index (χ1n) is 2.84. The summed E-state index contributed by atoms with van der Waals surface area (Å²) in [6.07, 6.45) is 0. The summed E-state index contributed by atoms with van der Waals surface area (Å²) in [6, 6.07) is 0. The molecule has 0 saturated carbocycles. The zero-order chi connectivity index (χ0) is 6.85. The lowest BCUT2D eigenvalue weighted by molar-refractivity contribution is 1.04. The van der Waals surface area contributed by atoms with E-state index in [4.69, 9.17) is 5.73 Å². The molecule has 9 heavy (non-hydrogen) atoms. The second kappa shape index (κ2) is 2.84. The summed E-state index contributed by atoms with van der Waals surface area (Å²) in [7, 11) is 0. The van der Waals surface area contributed by atoms with E-state index in [1.807, 2.05) is 11.8 Å². The van der Waals surface area contributed by atoms with Crippen molar-refractivity contribution in [2.75, 3.05) is 0 Å². The van der Waals surface area contributed by atoms with Gasteiger partial charge >= 0.3 is 0 Å². The molecule has 2 N–H and O–H groups in total. The van der Waals surface area contributed by atoms with Gasteiger partial charge in [-0.25, -0.2) is 4.99 Å². The van der Waals surface area contributed by atoms with E-state index >= 15 is 0 Å². The molecule has 1 rings (SSSR count). The first-order valence-corrected chi connectivity index (χ1v) is 4.66. The maximum atomic E-state index is 5.52. The first kappa shape index (κ1) is 7.28. The molecule has 0 aromatic heterocycles. The summed E-state index contributed by atoms with van der Waals surface area (Å²) in [5.74, 6) is 0. The molecule has 0 amide bonds. The molecule has 0 fully saturated rings. The van der Waals surface area contributed by atoms with Crippen LogP contribution in [0.5, 0.6) is 0 Å². The highest BCUT2D eigenvalue weighted by Crippen LogP contribution is 2.32. The van der Waals surface area contributed by atoms with Crippen LogP contribution in [0.25, 0.3) is 0 Å². The van der Waals surface area contributed by atoms with Crippen molar-refractivity contribution in [1.82, 2.24) is 0 Å². The predicted molar refractivity (Wildman–Crippen MR) is 45.7 cm³/mol. The Hall–Kier alpha value is 0.170. The van der Waals surface area contributed by atoms with Crippen molar-refractivity contribution in [3.63, 3.8) is 0 Å². The second-order valence-electron chi connectivity index (χ2n) is 1.89. The Morgan fingerprint density at radius 2 is 2.22 bits per heavy atom. The maximum Gasteiger partial charge on any atom is 0.156 e. The fourth-order valence-corrected chi connectivity index (χ4v) is 3.07. The normalized spacial score (nSPS) is 36.0. The van der Waals surface area contributed by atoms with Gasteiger partial charge in [0.1, 0.15) is 0 Å². The van der Waals surface area contributed by atoms with Crippen LogP contribution in [0.3, 0.4) is 0 Å². The van der Waals surface area contributed by atoms with Gasteiger partial charge < -0.3 is 5.73 Å². The average Bonchev–Trinajstić information content (AvgIpc) is 1.59. The Balaban J connectivity index is 2.56. The molecule has 2 unspecified atom stereocenters. The van der Waals surface area contributed by atoms with Crippen LogP contribution in [-0.2, 0) is 0 Å². The van der Waals surface area contributed by atoms with Crippen molar-refractivity contribution >= 4 is 28.7 Å². The molecule has 0 spiro atoms. The Morgan fingerprint density at radius 3 is 2.67 bits per heavy atom. The fourth-order valence-electron chi connectivity index (χ4n) is 0.715. The van der Waals surface area contributed by atoms with Crippen LogP contribution in [0.15, 0.2) is 4.99 Å². The molecule has 0 radical (unpaired) electrons. The van der Waals surface area contributed by atoms with Gasteiger partial charge in [-0.1, -0.05) is 11.8 Å². The Bertz CT molecular complexity index is 135. The molecule has 0 aromatic carbocycles.